The summed E-state index contributed by atoms with van der Waals surface area (Å²) in [6.45, 7) is 4.41. The molecule has 2 unspecified atom stereocenters. The Labute approximate surface area is 229 Å². The molecule has 2 aromatic heterocycles. The van der Waals surface area contributed by atoms with Gasteiger partial charge in [-0.1, -0.05) is 31.5 Å². The van der Waals surface area contributed by atoms with Gasteiger partial charge in [-0.15, -0.1) is 12.3 Å². The van der Waals surface area contributed by atoms with Gasteiger partial charge in [-0.2, -0.15) is 0 Å². The number of anilines is 1. The van der Waals surface area contributed by atoms with Gasteiger partial charge in [0.1, 0.15) is 23.9 Å². The number of hydrogen-bond donors (Lipinski definition) is 3. The summed E-state index contributed by atoms with van der Waals surface area (Å²) in [4.78, 5) is 18.4. The van der Waals surface area contributed by atoms with Crippen molar-refractivity contribution >= 4 is 22.8 Å². The molecule has 3 aromatic rings. The number of hydrogen-bond acceptors (Lipinski definition) is 6. The van der Waals surface area contributed by atoms with Gasteiger partial charge < -0.3 is 20.7 Å². The predicted molar refractivity (Wildman–Crippen MR) is 152 cm³/mol. The third-order valence-corrected chi connectivity index (χ3v) is 8.61. The largest absolute Gasteiger partial charge is 0.381 e. The summed E-state index contributed by atoms with van der Waals surface area (Å²) in [6, 6.07) is 7.03. The molecule has 2 heterocycles. The molecule has 0 saturated heterocycles. The lowest BCUT2D eigenvalue weighted by Crippen LogP contribution is -2.32. The molecule has 2 fully saturated rings. The van der Waals surface area contributed by atoms with E-state index in [-0.39, 0.29) is 29.4 Å². The maximum absolute atomic E-state index is 14.9. The molecule has 206 valence electrons. The van der Waals surface area contributed by atoms with E-state index in [0.29, 0.717) is 34.8 Å². The summed E-state index contributed by atoms with van der Waals surface area (Å²) in [5, 5.41) is 13.0. The van der Waals surface area contributed by atoms with E-state index in [9.17, 15) is 9.50 Å². The Kier molecular flexibility index (Phi) is 8.12. The van der Waals surface area contributed by atoms with Crippen molar-refractivity contribution in [2.45, 2.75) is 77.3 Å². The van der Waals surface area contributed by atoms with Crippen molar-refractivity contribution in [2.24, 2.45) is 28.5 Å². The lowest BCUT2D eigenvalue weighted by atomic mass is 9.80. The van der Waals surface area contributed by atoms with E-state index in [4.69, 9.17) is 22.1 Å². The topological polar surface area (TPSA) is 114 Å². The van der Waals surface area contributed by atoms with Crippen LogP contribution < -0.4 is 11.1 Å². The Hall–Kier alpha value is -3.51. The number of aliphatic hydroxyl groups excluding tert-OH is 1. The monoisotopic (exact) mass is 531 g/mol. The Morgan fingerprint density at radius 2 is 1.92 bits per heavy atom. The lowest BCUT2D eigenvalue weighted by Gasteiger charge is -2.32. The van der Waals surface area contributed by atoms with Gasteiger partial charge in [0.25, 0.3) is 0 Å². The molecular formula is C30H38FN7O. The van der Waals surface area contributed by atoms with Crippen LogP contribution in [0.3, 0.4) is 0 Å². The van der Waals surface area contributed by atoms with E-state index in [2.05, 4.69) is 32.7 Å². The van der Waals surface area contributed by atoms with Crippen molar-refractivity contribution in [3.05, 3.63) is 47.3 Å². The Morgan fingerprint density at radius 1 is 1.18 bits per heavy atom. The number of fused-ring (bicyclic) bond motifs is 1. The molecule has 0 amide bonds. The molecule has 0 radical (unpaired) electrons. The second kappa shape index (κ2) is 11.7. The third-order valence-electron chi connectivity index (χ3n) is 8.61. The van der Waals surface area contributed by atoms with Crippen molar-refractivity contribution in [1.29, 1.82) is 0 Å². The zero-order valence-corrected chi connectivity index (χ0v) is 22.8. The maximum atomic E-state index is 14.9. The molecule has 1 aromatic carbocycles. The highest BCUT2D eigenvalue weighted by Gasteiger charge is 2.30. The molecule has 2 aliphatic carbocycles. The minimum absolute atomic E-state index is 0.0459. The van der Waals surface area contributed by atoms with Crippen molar-refractivity contribution in [1.82, 2.24) is 19.5 Å². The fraction of sp³-hybridized carbons (Fsp3) is 0.533. The van der Waals surface area contributed by atoms with Gasteiger partial charge in [-0.3, -0.25) is 0 Å². The highest BCUT2D eigenvalue weighted by Crippen LogP contribution is 2.36. The lowest BCUT2D eigenvalue weighted by molar-refractivity contribution is 0.283. The van der Waals surface area contributed by atoms with E-state index in [0.717, 1.165) is 43.6 Å². The van der Waals surface area contributed by atoms with Gasteiger partial charge in [-0.25, -0.2) is 24.3 Å². The van der Waals surface area contributed by atoms with Crippen LogP contribution in [-0.2, 0) is 6.54 Å². The van der Waals surface area contributed by atoms with Gasteiger partial charge >= 0.3 is 0 Å². The van der Waals surface area contributed by atoms with Crippen LogP contribution in [0.4, 0.5) is 10.2 Å². The molecule has 9 heteroatoms. The van der Waals surface area contributed by atoms with Crippen LogP contribution >= 0.6 is 0 Å². The van der Waals surface area contributed by atoms with Crippen LogP contribution in [-0.4, -0.2) is 43.2 Å². The Bertz CT molecular complexity index is 1380. The smallest absolute Gasteiger partial charge is 0.199 e. The van der Waals surface area contributed by atoms with Gasteiger partial charge in [0.15, 0.2) is 23.1 Å². The zero-order valence-electron chi connectivity index (χ0n) is 22.8. The van der Waals surface area contributed by atoms with E-state index >= 15 is 0 Å². The number of rotatable bonds is 9. The Balaban J connectivity index is 1.64. The molecular weight excluding hydrogens is 493 g/mol. The molecule has 8 nitrogen and oxygen atoms in total. The highest BCUT2D eigenvalue weighted by atomic mass is 19.1. The first-order chi connectivity index (χ1) is 18.9. The second-order valence-electron chi connectivity index (χ2n) is 11.1. The average molecular weight is 532 g/mol. The number of benzene rings is 1. The number of nitrogens with one attached hydrogen (secondary N) is 1. The van der Waals surface area contributed by atoms with Crippen LogP contribution in [0.2, 0.25) is 0 Å². The minimum atomic E-state index is -0.460. The van der Waals surface area contributed by atoms with Crippen LogP contribution in [0.5, 0.6) is 0 Å². The van der Waals surface area contributed by atoms with E-state index in [1.165, 1.54) is 25.3 Å². The number of aliphatic hydroxyl groups is 1. The molecule has 0 spiro atoms. The molecule has 0 bridgehead atoms. The zero-order chi connectivity index (χ0) is 27.5. The number of terminal acetylenes is 1. The van der Waals surface area contributed by atoms with Crippen molar-refractivity contribution in [3.63, 3.8) is 0 Å². The first kappa shape index (κ1) is 27.1. The molecule has 2 aliphatic rings. The van der Waals surface area contributed by atoms with Gasteiger partial charge in [0, 0.05) is 24.4 Å². The summed E-state index contributed by atoms with van der Waals surface area (Å²) in [6.07, 6.45) is 13.4. The second-order valence-corrected chi connectivity index (χ2v) is 11.1. The summed E-state index contributed by atoms with van der Waals surface area (Å²) >= 11 is 0. The van der Waals surface area contributed by atoms with Crippen LogP contribution in [0, 0.1) is 35.9 Å². The van der Waals surface area contributed by atoms with Crippen molar-refractivity contribution < 1.29 is 9.50 Å². The normalized spacial score (nSPS) is 21.8. The number of halogens is 1. The average Bonchev–Trinajstić information content (AvgIpc) is 3.26. The third kappa shape index (κ3) is 5.62. The van der Waals surface area contributed by atoms with Gasteiger partial charge in [0.2, 0.25) is 0 Å². The number of amidine groups is 1. The van der Waals surface area contributed by atoms with Gasteiger partial charge in [-0.05, 0) is 68.9 Å². The van der Waals surface area contributed by atoms with Crippen LogP contribution in [0.1, 0.15) is 81.9 Å². The quantitative estimate of drug-likeness (QED) is 0.207. The van der Waals surface area contributed by atoms with Crippen LogP contribution in [0.25, 0.3) is 11.2 Å². The first-order valence-electron chi connectivity index (χ1n) is 14.1. The summed E-state index contributed by atoms with van der Waals surface area (Å²) in [7, 11) is 0. The molecule has 0 aliphatic heterocycles. The SMILES string of the molecule is C#CC1CCC(Cn2c(C(C)c3ccccc3F)nc3nc(C(N)=NCO)nc(NC(C)C4CCC4)c32)CC1. The maximum Gasteiger partial charge on any atom is 0.199 e. The van der Waals surface area contributed by atoms with Crippen molar-refractivity contribution in [3.8, 4) is 12.3 Å². The fourth-order valence-electron chi connectivity index (χ4n) is 5.94. The number of nitrogens with two attached hydrogens (primary N) is 1. The summed E-state index contributed by atoms with van der Waals surface area (Å²) in [5.74, 6) is 5.28. The summed E-state index contributed by atoms with van der Waals surface area (Å²) in [5.41, 5.74) is 7.97. The van der Waals surface area contributed by atoms with E-state index in [1.807, 2.05) is 19.1 Å². The van der Waals surface area contributed by atoms with E-state index in [1.54, 1.807) is 6.07 Å². The minimum Gasteiger partial charge on any atom is -0.381 e. The molecule has 5 rings (SSSR count). The Morgan fingerprint density at radius 3 is 2.56 bits per heavy atom. The van der Waals surface area contributed by atoms with Crippen molar-refractivity contribution in [2.75, 3.05) is 12.0 Å². The standard InChI is InChI=1S/C30H38FN7O/c1-4-20-12-14-21(15-13-20)16-38-25-27(34-19(3)22-8-7-9-22)35-29(26(32)33-17-39)36-28(25)37-30(38)18(2)23-10-5-6-11-24(23)31/h1,5-6,10-11,18-22,39H,7-9,12-17H2,2-3H3,(H2,32,33)(H,34,35,36). The first-order valence-corrected chi connectivity index (χ1v) is 14.1. The number of imidazole rings is 1. The van der Waals surface area contributed by atoms with Crippen LogP contribution in [0.15, 0.2) is 29.3 Å². The van der Waals surface area contributed by atoms with E-state index < -0.39 is 6.73 Å². The van der Waals surface area contributed by atoms with Gasteiger partial charge in [0.05, 0.1) is 0 Å². The molecule has 4 N–H and O–H groups in total. The number of aromatic nitrogens is 4. The molecule has 39 heavy (non-hydrogen) atoms. The number of nitrogens with zero attached hydrogens (tertiary/aromatic N) is 5. The molecule has 2 saturated carbocycles. The number of aliphatic imine (C=N–C) groups is 1. The predicted octanol–water partition coefficient (Wildman–Crippen LogP) is 4.81. The molecule has 2 atom stereocenters. The fourth-order valence-corrected chi connectivity index (χ4v) is 5.94. The summed E-state index contributed by atoms with van der Waals surface area (Å²) < 4.78 is 17.1. The highest BCUT2D eigenvalue weighted by molar-refractivity contribution is 5.97.